The lowest BCUT2D eigenvalue weighted by Gasteiger charge is -2.39. The van der Waals surface area contributed by atoms with Crippen molar-refractivity contribution in [3.8, 4) is 17.2 Å². The van der Waals surface area contributed by atoms with Crippen molar-refractivity contribution in [3.63, 3.8) is 0 Å². The Labute approximate surface area is 227 Å². The van der Waals surface area contributed by atoms with Crippen molar-refractivity contribution in [2.75, 3.05) is 33.9 Å². The first-order valence-electron chi connectivity index (χ1n) is 13.2. The smallest absolute Gasteiger partial charge is 0.408 e. The number of carbonyl (C=O) groups is 1. The topological polar surface area (TPSA) is 127 Å². The molecule has 39 heavy (non-hydrogen) atoms. The highest BCUT2D eigenvalue weighted by Gasteiger charge is 2.41. The number of nitrogens with one attached hydrogen (secondary N) is 1. The molecule has 3 aromatic rings. The first-order chi connectivity index (χ1) is 18.6. The quantitative estimate of drug-likeness (QED) is 0.364. The molecule has 2 atom stereocenters. The Morgan fingerprint density at radius 1 is 1.31 bits per heavy atom. The monoisotopic (exact) mass is 537 g/mol. The molecule has 0 bridgehead atoms. The van der Waals surface area contributed by atoms with Crippen molar-refractivity contribution in [1.29, 1.82) is 5.26 Å². The largest absolute Gasteiger partial charge is 0.419 e. The Kier molecular flexibility index (Phi) is 8.85. The lowest BCUT2D eigenvalue weighted by molar-refractivity contribution is -0.129. The molecule has 1 aliphatic carbocycles. The maximum Gasteiger partial charge on any atom is 0.419 e. The summed E-state index contributed by atoms with van der Waals surface area (Å²) in [5.41, 5.74) is 7.94. The van der Waals surface area contributed by atoms with Crippen LogP contribution in [0.5, 0.6) is 0 Å². The zero-order chi connectivity index (χ0) is 28.2. The number of hydrogen-bond donors (Lipinski definition) is 2. The SMILES string of the molecule is COCCN(C)CCn1c(=O)oc2ccc(-c3ccc(C[C@@H](C#N)NC(=O)[C@@](C)(N)C4CCC4)c(F)c3)cc21. The first kappa shape index (κ1) is 28.5. The van der Waals surface area contributed by atoms with Gasteiger partial charge >= 0.3 is 5.76 Å². The number of oxazole rings is 1. The van der Waals surface area contributed by atoms with Gasteiger partial charge in [0.05, 0.1) is 23.7 Å². The van der Waals surface area contributed by atoms with Crippen molar-refractivity contribution < 1.29 is 18.3 Å². The van der Waals surface area contributed by atoms with Crippen molar-refractivity contribution in [2.24, 2.45) is 11.7 Å². The van der Waals surface area contributed by atoms with Crippen LogP contribution in [0, 0.1) is 23.1 Å². The second-order valence-electron chi connectivity index (χ2n) is 10.6. The number of nitriles is 1. The molecular weight excluding hydrogens is 501 g/mol. The van der Waals surface area contributed by atoms with Gasteiger partial charge in [-0.05, 0) is 67.6 Å². The first-order valence-corrected chi connectivity index (χ1v) is 13.2. The molecule has 10 heteroatoms. The molecule has 1 aliphatic rings. The van der Waals surface area contributed by atoms with Crippen LogP contribution in [-0.4, -0.2) is 60.8 Å². The standard InChI is InChI=1S/C29H36FN5O4/c1-29(32,22-5-4-6-22)27(36)33-23(18-31)15-21-8-7-19(16-24(21)30)20-9-10-26-25(17-20)35(28(37)39-26)12-11-34(2)13-14-38-3/h7-10,16-17,22-23H,4-6,11-15,32H2,1-3H3,(H,33,36)/t23-,29-/m0/s1. The van der Waals surface area contributed by atoms with Crippen LogP contribution in [-0.2, 0) is 22.5 Å². The number of methoxy groups -OCH3 is 1. The van der Waals surface area contributed by atoms with E-state index in [1.54, 1.807) is 42.9 Å². The predicted molar refractivity (Wildman–Crippen MR) is 146 cm³/mol. The number of ether oxygens (including phenoxy) is 1. The van der Waals surface area contributed by atoms with Crippen LogP contribution in [0.3, 0.4) is 0 Å². The second-order valence-corrected chi connectivity index (χ2v) is 10.6. The van der Waals surface area contributed by atoms with E-state index < -0.39 is 23.2 Å². The molecule has 208 valence electrons. The molecule has 1 saturated carbocycles. The summed E-state index contributed by atoms with van der Waals surface area (Å²) in [6, 6.07) is 11.2. The van der Waals surface area contributed by atoms with Gasteiger partial charge in [0.2, 0.25) is 5.91 Å². The van der Waals surface area contributed by atoms with Crippen molar-refractivity contribution >= 4 is 17.0 Å². The fraction of sp³-hybridized carbons (Fsp3) is 0.483. The van der Waals surface area contributed by atoms with E-state index in [0.717, 1.165) is 31.4 Å². The number of hydrogen-bond acceptors (Lipinski definition) is 7. The van der Waals surface area contributed by atoms with E-state index in [-0.39, 0.29) is 18.2 Å². The van der Waals surface area contributed by atoms with E-state index in [4.69, 9.17) is 14.9 Å². The van der Waals surface area contributed by atoms with Gasteiger partial charge in [0.1, 0.15) is 11.9 Å². The highest BCUT2D eigenvalue weighted by atomic mass is 19.1. The summed E-state index contributed by atoms with van der Waals surface area (Å²) in [6.45, 7) is 4.09. The number of carbonyl (C=O) groups excluding carboxylic acids is 1. The van der Waals surface area contributed by atoms with Crippen LogP contribution in [0.2, 0.25) is 0 Å². The normalized spacial score (nSPS) is 16.0. The summed E-state index contributed by atoms with van der Waals surface area (Å²) in [7, 11) is 3.60. The lowest BCUT2D eigenvalue weighted by Crippen LogP contribution is -2.60. The van der Waals surface area contributed by atoms with E-state index >= 15 is 4.39 Å². The average Bonchev–Trinajstić information content (AvgIpc) is 3.19. The minimum Gasteiger partial charge on any atom is -0.408 e. The number of aromatic nitrogens is 1. The molecule has 1 heterocycles. The number of nitrogens with zero attached hydrogens (tertiary/aromatic N) is 3. The Bertz CT molecular complexity index is 1420. The molecule has 1 fully saturated rings. The van der Waals surface area contributed by atoms with Gasteiger partial charge in [0, 0.05) is 33.2 Å². The van der Waals surface area contributed by atoms with E-state index in [1.165, 1.54) is 6.07 Å². The molecule has 2 aromatic carbocycles. The molecule has 9 nitrogen and oxygen atoms in total. The number of halogens is 1. The van der Waals surface area contributed by atoms with Crippen LogP contribution >= 0.6 is 0 Å². The third kappa shape index (κ3) is 6.38. The number of nitrogens with two attached hydrogens (primary N) is 1. The summed E-state index contributed by atoms with van der Waals surface area (Å²) in [5.74, 6) is -1.23. The van der Waals surface area contributed by atoms with Gasteiger partial charge in [-0.15, -0.1) is 0 Å². The minimum atomic E-state index is -1.05. The molecule has 3 N–H and O–H groups in total. The van der Waals surface area contributed by atoms with Crippen LogP contribution in [0.15, 0.2) is 45.6 Å². The second kappa shape index (κ2) is 12.1. The summed E-state index contributed by atoms with van der Waals surface area (Å²) in [4.78, 5) is 27.3. The number of benzene rings is 2. The van der Waals surface area contributed by atoms with Gasteiger partial charge in [-0.1, -0.05) is 24.6 Å². The van der Waals surface area contributed by atoms with Gasteiger partial charge < -0.3 is 25.1 Å². The summed E-state index contributed by atoms with van der Waals surface area (Å²) in [5, 5.41) is 12.3. The molecule has 0 radical (unpaired) electrons. The van der Waals surface area contributed by atoms with Crippen LogP contribution in [0.4, 0.5) is 4.39 Å². The Hall–Kier alpha value is -3.52. The maximum absolute atomic E-state index is 15.2. The fourth-order valence-electron chi connectivity index (χ4n) is 4.83. The van der Waals surface area contributed by atoms with Gasteiger partial charge in [0.25, 0.3) is 0 Å². The molecule has 0 aliphatic heterocycles. The maximum atomic E-state index is 15.2. The predicted octanol–water partition coefficient (Wildman–Crippen LogP) is 3.05. The fourth-order valence-corrected chi connectivity index (χ4v) is 4.83. The Morgan fingerprint density at radius 3 is 2.67 bits per heavy atom. The molecule has 1 aromatic heterocycles. The third-order valence-electron chi connectivity index (χ3n) is 7.76. The van der Waals surface area contributed by atoms with Crippen LogP contribution < -0.4 is 16.8 Å². The summed E-state index contributed by atoms with van der Waals surface area (Å²) in [6.07, 6.45) is 2.84. The van der Waals surface area contributed by atoms with Crippen LogP contribution in [0.25, 0.3) is 22.2 Å². The molecule has 0 unspecified atom stereocenters. The third-order valence-corrected chi connectivity index (χ3v) is 7.76. The highest BCUT2D eigenvalue weighted by Crippen LogP contribution is 2.35. The number of fused-ring (bicyclic) bond motifs is 1. The van der Waals surface area contributed by atoms with E-state index in [0.29, 0.717) is 41.9 Å². The zero-order valence-electron chi connectivity index (χ0n) is 22.7. The minimum absolute atomic E-state index is 0.0198. The number of likely N-dealkylation sites (N-methyl/N-ethyl adjacent to an activating group) is 1. The zero-order valence-corrected chi connectivity index (χ0v) is 22.7. The van der Waals surface area contributed by atoms with Crippen LogP contribution in [0.1, 0.15) is 31.7 Å². The van der Waals surface area contributed by atoms with Gasteiger partial charge in [0.15, 0.2) is 5.58 Å². The molecule has 4 rings (SSSR count). The molecule has 0 saturated heterocycles. The highest BCUT2D eigenvalue weighted by molar-refractivity contribution is 5.86. The average molecular weight is 538 g/mol. The Balaban J connectivity index is 1.48. The Morgan fingerprint density at radius 2 is 2.03 bits per heavy atom. The van der Waals surface area contributed by atoms with E-state index in [1.807, 2.05) is 13.1 Å². The van der Waals surface area contributed by atoms with E-state index in [9.17, 15) is 14.9 Å². The summed E-state index contributed by atoms with van der Waals surface area (Å²) >= 11 is 0. The van der Waals surface area contributed by atoms with Crippen molar-refractivity contribution in [3.05, 3.63) is 58.3 Å². The van der Waals surface area contributed by atoms with Gasteiger partial charge in [-0.3, -0.25) is 9.36 Å². The number of amides is 1. The van der Waals surface area contributed by atoms with Crippen molar-refractivity contribution in [2.45, 2.75) is 50.7 Å². The molecule has 0 spiro atoms. The molecular formula is C29H36FN5O4. The van der Waals surface area contributed by atoms with Gasteiger partial charge in [-0.25, -0.2) is 9.18 Å². The van der Waals surface area contributed by atoms with Crippen molar-refractivity contribution in [1.82, 2.24) is 14.8 Å². The molecule has 1 amide bonds. The summed E-state index contributed by atoms with van der Waals surface area (Å²) < 4.78 is 27.2. The lowest BCUT2D eigenvalue weighted by atomic mass is 9.71. The van der Waals surface area contributed by atoms with E-state index in [2.05, 4.69) is 16.3 Å². The van der Waals surface area contributed by atoms with Gasteiger partial charge in [-0.2, -0.15) is 5.26 Å². The number of rotatable bonds is 12.